The Morgan fingerprint density at radius 3 is 1.23 bits per heavy atom. The van der Waals surface area contributed by atoms with E-state index in [1.807, 2.05) is 87.4 Å². The van der Waals surface area contributed by atoms with Crippen LogP contribution in [-0.4, -0.2) is 0 Å². The van der Waals surface area contributed by atoms with Gasteiger partial charge in [0.1, 0.15) is 0 Å². The van der Waals surface area contributed by atoms with E-state index in [4.69, 9.17) is 0 Å². The van der Waals surface area contributed by atoms with Crippen molar-refractivity contribution in [2.24, 2.45) is 0 Å². The van der Waals surface area contributed by atoms with E-state index in [1.54, 1.807) is 0 Å². The minimum atomic E-state index is 1.32. The van der Waals surface area contributed by atoms with Gasteiger partial charge in [0.05, 0.1) is 0 Å². The second-order valence-corrected chi connectivity index (χ2v) is 7.30. The summed E-state index contributed by atoms with van der Waals surface area (Å²) in [6.45, 7) is 26.3. The van der Waals surface area contributed by atoms with Gasteiger partial charge < -0.3 is 0 Å². The van der Waals surface area contributed by atoms with Gasteiger partial charge in [-0.2, -0.15) is 0 Å². The molecular formula is C39H58. The first-order chi connectivity index (χ1) is 19.1. The van der Waals surface area contributed by atoms with Crippen LogP contribution < -0.4 is 0 Å². The zero-order valence-electron chi connectivity index (χ0n) is 27.5. The fourth-order valence-corrected chi connectivity index (χ4v) is 3.23. The number of aryl methyl sites for hydroxylation is 3. The smallest absolute Gasteiger partial charge is 0.0155 e. The lowest BCUT2D eigenvalue weighted by atomic mass is 10.1. The summed E-state index contributed by atoms with van der Waals surface area (Å²) in [6, 6.07) is 40.0. The zero-order chi connectivity index (χ0) is 30.5. The van der Waals surface area contributed by atoms with Crippen LogP contribution in [0.5, 0.6) is 0 Å². The maximum Gasteiger partial charge on any atom is -0.0155 e. The summed E-state index contributed by atoms with van der Waals surface area (Å²) in [7, 11) is 0. The molecule has 0 nitrogen and oxygen atoms in total. The minimum absolute atomic E-state index is 1.32. The number of hydrogen-bond donors (Lipinski definition) is 0. The molecule has 0 aliphatic carbocycles. The maximum atomic E-state index is 2.20. The summed E-state index contributed by atoms with van der Waals surface area (Å²) in [4.78, 5) is 0. The van der Waals surface area contributed by atoms with E-state index in [0.717, 1.165) is 0 Å². The van der Waals surface area contributed by atoms with Gasteiger partial charge in [0, 0.05) is 0 Å². The van der Waals surface area contributed by atoms with Crippen LogP contribution >= 0.6 is 0 Å². The van der Waals surface area contributed by atoms with Crippen LogP contribution in [-0.2, 0) is 0 Å². The minimum Gasteiger partial charge on any atom is -0.0683 e. The molecule has 5 aromatic carbocycles. The van der Waals surface area contributed by atoms with Crippen molar-refractivity contribution in [3.8, 4) is 0 Å². The highest BCUT2D eigenvalue weighted by atomic mass is 14.0. The summed E-state index contributed by atoms with van der Waals surface area (Å²) < 4.78 is 0. The number of hydrogen-bond acceptors (Lipinski definition) is 0. The molecule has 0 spiro atoms. The number of fused-ring (bicyclic) bond motifs is 2. The van der Waals surface area contributed by atoms with Gasteiger partial charge in [0.15, 0.2) is 0 Å². The van der Waals surface area contributed by atoms with Crippen LogP contribution in [0.15, 0.2) is 115 Å². The maximum absolute atomic E-state index is 2.20. The Kier molecular flexibility index (Phi) is 30.0. The Labute approximate surface area is 243 Å². The lowest BCUT2D eigenvalue weighted by Gasteiger charge is -1.98. The van der Waals surface area contributed by atoms with Crippen molar-refractivity contribution in [1.82, 2.24) is 0 Å². The second-order valence-electron chi connectivity index (χ2n) is 7.30. The first-order valence-electron chi connectivity index (χ1n) is 15.0. The van der Waals surface area contributed by atoms with Crippen LogP contribution in [0, 0.1) is 20.8 Å². The molecule has 0 aromatic heterocycles. The van der Waals surface area contributed by atoms with E-state index in [-0.39, 0.29) is 0 Å². The molecule has 0 bridgehead atoms. The lowest BCUT2D eigenvalue weighted by molar-refractivity contribution is 1.48. The summed E-state index contributed by atoms with van der Waals surface area (Å²) in [5.74, 6) is 0. The van der Waals surface area contributed by atoms with Crippen LogP contribution in [0.4, 0.5) is 0 Å². The topological polar surface area (TPSA) is 0 Å². The van der Waals surface area contributed by atoms with Gasteiger partial charge in [-0.05, 0) is 47.9 Å². The van der Waals surface area contributed by atoms with Gasteiger partial charge in [-0.3, -0.25) is 0 Å². The normalized spacial score (nSPS) is 8.13. The van der Waals surface area contributed by atoms with Crippen molar-refractivity contribution in [2.45, 2.75) is 90.0 Å². The fraction of sp³-hybridized carbons (Fsp3) is 0.333. The molecule has 0 fully saturated rings. The average molecular weight is 527 g/mol. The fourth-order valence-electron chi connectivity index (χ4n) is 3.23. The molecule has 0 saturated carbocycles. The standard InChI is InChI=1S/2C11H10.C7H8.5C2H6/c1-9-5-4-7-10-6-2-3-8-11(9)10;1-9-6-7-10-4-2-3-5-11(10)8-9;1-7-5-3-2-4-6-7;5*1-2/h2*2-8H,1H3;2-6H,1H3;5*1-2H3. The van der Waals surface area contributed by atoms with E-state index in [0.29, 0.717) is 0 Å². The van der Waals surface area contributed by atoms with Gasteiger partial charge in [0.25, 0.3) is 0 Å². The molecule has 0 N–H and O–H groups in total. The molecule has 0 aliphatic heterocycles. The lowest BCUT2D eigenvalue weighted by Crippen LogP contribution is -1.75. The van der Waals surface area contributed by atoms with Crippen molar-refractivity contribution in [1.29, 1.82) is 0 Å². The number of benzene rings is 5. The van der Waals surface area contributed by atoms with E-state index in [1.165, 1.54) is 38.2 Å². The van der Waals surface area contributed by atoms with Gasteiger partial charge in [-0.15, -0.1) is 0 Å². The molecule has 5 rings (SSSR count). The first-order valence-corrected chi connectivity index (χ1v) is 15.0. The van der Waals surface area contributed by atoms with Gasteiger partial charge in [-0.25, -0.2) is 0 Å². The van der Waals surface area contributed by atoms with Gasteiger partial charge in [0.2, 0.25) is 0 Å². The van der Waals surface area contributed by atoms with Crippen LogP contribution in [0.1, 0.15) is 85.9 Å². The molecule has 0 aliphatic rings. The Morgan fingerprint density at radius 1 is 0.308 bits per heavy atom. The Bertz CT molecular complexity index is 1160. The summed E-state index contributed by atoms with van der Waals surface area (Å²) in [5, 5.41) is 5.33. The largest absolute Gasteiger partial charge is 0.0683 e. The third-order valence-electron chi connectivity index (χ3n) is 4.85. The van der Waals surface area contributed by atoms with Crippen molar-refractivity contribution < 1.29 is 0 Å². The zero-order valence-corrected chi connectivity index (χ0v) is 27.5. The predicted molar refractivity (Wildman–Crippen MR) is 185 cm³/mol. The van der Waals surface area contributed by atoms with Crippen molar-refractivity contribution in [3.63, 3.8) is 0 Å². The Hall–Kier alpha value is -3.38. The second kappa shape index (κ2) is 29.2. The Balaban J connectivity index is -0.000000436. The molecule has 0 amide bonds. The molecule has 5 aromatic rings. The van der Waals surface area contributed by atoms with Crippen LogP contribution in [0.3, 0.4) is 0 Å². The van der Waals surface area contributed by atoms with Gasteiger partial charge in [-0.1, -0.05) is 196 Å². The molecule has 0 unspecified atom stereocenters. The summed E-state index contributed by atoms with van der Waals surface area (Å²) in [6.07, 6.45) is 0. The molecule has 0 saturated heterocycles. The molecule has 0 heterocycles. The number of rotatable bonds is 0. The third-order valence-corrected chi connectivity index (χ3v) is 4.85. The van der Waals surface area contributed by atoms with Crippen molar-refractivity contribution >= 4 is 21.5 Å². The quantitative estimate of drug-likeness (QED) is 0.188. The Morgan fingerprint density at radius 2 is 0.744 bits per heavy atom. The third kappa shape index (κ3) is 17.7. The van der Waals surface area contributed by atoms with E-state index in [9.17, 15) is 0 Å². The van der Waals surface area contributed by atoms with E-state index in [2.05, 4.69) is 118 Å². The van der Waals surface area contributed by atoms with Crippen LogP contribution in [0.2, 0.25) is 0 Å². The molecular weight excluding hydrogens is 468 g/mol. The molecule has 39 heavy (non-hydrogen) atoms. The van der Waals surface area contributed by atoms with E-state index >= 15 is 0 Å². The van der Waals surface area contributed by atoms with Crippen molar-refractivity contribution in [2.75, 3.05) is 0 Å². The molecule has 214 valence electrons. The summed E-state index contributed by atoms with van der Waals surface area (Å²) in [5.41, 5.74) is 3.99. The monoisotopic (exact) mass is 526 g/mol. The summed E-state index contributed by atoms with van der Waals surface area (Å²) >= 11 is 0. The highest BCUT2D eigenvalue weighted by molar-refractivity contribution is 5.85. The molecule has 0 heteroatoms. The average Bonchev–Trinajstić information content (AvgIpc) is 3.03. The molecule has 0 radical (unpaired) electrons. The first kappa shape index (κ1) is 40.1. The molecule has 0 atom stereocenters. The highest BCUT2D eigenvalue weighted by Gasteiger charge is 1.92. The predicted octanol–water partition coefficient (Wildman–Crippen LogP) is 13.4. The highest BCUT2D eigenvalue weighted by Crippen LogP contribution is 2.16. The van der Waals surface area contributed by atoms with Gasteiger partial charge >= 0.3 is 0 Å². The SMILES string of the molecule is CC.CC.CC.CC.CC.Cc1ccc2ccccc2c1.Cc1cccc2ccccc12.Cc1ccccc1. The van der Waals surface area contributed by atoms with Crippen LogP contribution in [0.25, 0.3) is 21.5 Å². The van der Waals surface area contributed by atoms with E-state index < -0.39 is 0 Å². The van der Waals surface area contributed by atoms with Crippen molar-refractivity contribution in [3.05, 3.63) is 132 Å².